The Bertz CT molecular complexity index is 957. The summed E-state index contributed by atoms with van der Waals surface area (Å²) in [6.45, 7) is -2.41. The van der Waals surface area contributed by atoms with Gasteiger partial charge in [-0.15, -0.1) is 0 Å². The number of aromatic carboxylic acids is 1. The molecule has 0 unspecified atom stereocenters. The van der Waals surface area contributed by atoms with Crippen LogP contribution < -0.4 is 14.5 Å². The Morgan fingerprint density at radius 3 is 2.60 bits per heavy atom. The van der Waals surface area contributed by atoms with Gasteiger partial charge in [-0.05, 0) is 30.0 Å². The van der Waals surface area contributed by atoms with Crippen molar-refractivity contribution < 1.29 is 34.1 Å². The molecule has 4 rings (SSSR count). The Morgan fingerprint density at radius 1 is 1.17 bits per heavy atom. The molecule has 9 heteroatoms. The standard InChI is InChI=1S/C21H23BNO7/c24-18(9-6-14-4-2-1-3-5-14)23-12-16(13-23)29-17-8-7-15-10-11-22(27,28)30-20(15)19(17)21(25)26/h1-5,7-8,16,27-28H,6,9-13H2,(H,25,26)/q-1/p-1. The molecule has 0 atom stereocenters. The molecule has 0 radical (unpaired) electrons. The van der Waals surface area contributed by atoms with Gasteiger partial charge in [0.1, 0.15) is 11.9 Å². The largest absolute Gasteiger partial charge is 0.669 e. The van der Waals surface area contributed by atoms with Crippen molar-refractivity contribution in [2.24, 2.45) is 0 Å². The van der Waals surface area contributed by atoms with Crippen LogP contribution in [0.15, 0.2) is 42.5 Å². The van der Waals surface area contributed by atoms with E-state index in [1.54, 1.807) is 11.0 Å². The van der Waals surface area contributed by atoms with Crippen molar-refractivity contribution in [1.82, 2.24) is 4.90 Å². The second-order valence-electron chi connectivity index (χ2n) is 7.75. The van der Waals surface area contributed by atoms with Crippen LogP contribution in [-0.4, -0.2) is 52.8 Å². The maximum atomic E-state index is 12.3. The van der Waals surface area contributed by atoms with E-state index in [1.165, 1.54) is 6.07 Å². The van der Waals surface area contributed by atoms with Gasteiger partial charge in [-0.1, -0.05) is 42.7 Å². The lowest BCUT2D eigenvalue weighted by Crippen LogP contribution is -2.56. The van der Waals surface area contributed by atoms with E-state index < -0.39 is 12.7 Å². The van der Waals surface area contributed by atoms with Gasteiger partial charge in [0.15, 0.2) is 0 Å². The molecule has 2 aliphatic rings. The number of aryl methyl sites for hydroxylation is 2. The summed E-state index contributed by atoms with van der Waals surface area (Å²) in [5.41, 5.74) is 1.31. The number of rotatable bonds is 6. The molecule has 8 nitrogen and oxygen atoms in total. The Balaban J connectivity index is 1.38. The number of benzene rings is 2. The van der Waals surface area contributed by atoms with Crippen LogP contribution >= 0.6 is 0 Å². The van der Waals surface area contributed by atoms with Crippen molar-refractivity contribution in [2.75, 3.05) is 13.1 Å². The number of likely N-dealkylation sites (tertiary alicyclic amines) is 1. The number of nitrogens with zero attached hydrogens (tertiary/aromatic N) is 1. The van der Waals surface area contributed by atoms with E-state index in [9.17, 15) is 24.7 Å². The highest BCUT2D eigenvalue weighted by atomic mass is 16.6. The van der Waals surface area contributed by atoms with Crippen LogP contribution in [0.25, 0.3) is 0 Å². The predicted molar refractivity (Wildman–Crippen MR) is 106 cm³/mol. The zero-order valence-electron chi connectivity index (χ0n) is 16.3. The molecule has 2 aromatic rings. The maximum Gasteiger partial charge on any atom is 0.430 e. The summed E-state index contributed by atoms with van der Waals surface area (Å²) in [6, 6.07) is 12.9. The minimum absolute atomic E-state index is 0.0115. The summed E-state index contributed by atoms with van der Waals surface area (Å²) in [5.74, 6) is -1.60. The van der Waals surface area contributed by atoms with Crippen LogP contribution in [0.5, 0.6) is 11.5 Å². The first-order chi connectivity index (χ1) is 14.3. The molecule has 0 aliphatic carbocycles. The number of carbonyl (C=O) groups is 2. The highest BCUT2D eigenvalue weighted by molar-refractivity contribution is 6.59. The molecule has 2 aromatic carbocycles. The number of carbonyl (C=O) groups excluding carboxylic acids is 2. The van der Waals surface area contributed by atoms with Gasteiger partial charge in [0.2, 0.25) is 5.91 Å². The van der Waals surface area contributed by atoms with Crippen molar-refractivity contribution >= 4 is 18.6 Å². The Kier molecular flexibility index (Phi) is 5.40. The van der Waals surface area contributed by atoms with Gasteiger partial charge in [-0.3, -0.25) is 4.79 Å². The Hall–Kier alpha value is -3.04. The third-order valence-corrected chi connectivity index (χ3v) is 5.47. The highest BCUT2D eigenvalue weighted by Crippen LogP contribution is 2.38. The summed E-state index contributed by atoms with van der Waals surface area (Å²) >= 11 is 0. The summed E-state index contributed by atoms with van der Waals surface area (Å²) in [4.78, 5) is 25.7. The number of carboxylic acid groups (broad SMARTS) is 1. The summed E-state index contributed by atoms with van der Waals surface area (Å²) in [6.07, 6.45) is 0.956. The van der Waals surface area contributed by atoms with E-state index in [0.29, 0.717) is 31.5 Å². The Morgan fingerprint density at radius 2 is 1.90 bits per heavy atom. The molecule has 1 amide bonds. The molecule has 2 heterocycles. The number of amides is 1. The summed E-state index contributed by atoms with van der Waals surface area (Å²) in [7, 11) is 0. The fourth-order valence-corrected chi connectivity index (χ4v) is 3.77. The minimum Gasteiger partial charge on any atom is -0.669 e. The molecule has 158 valence electrons. The minimum atomic E-state index is -3.11. The monoisotopic (exact) mass is 411 g/mol. The molecule has 0 bridgehead atoms. The lowest BCUT2D eigenvalue weighted by atomic mass is 9.70. The lowest BCUT2D eigenvalue weighted by Gasteiger charge is -2.41. The van der Waals surface area contributed by atoms with Crippen molar-refractivity contribution in [3.63, 3.8) is 0 Å². The average molecular weight is 411 g/mol. The van der Waals surface area contributed by atoms with Crippen LogP contribution in [0, 0.1) is 0 Å². The number of ether oxygens (including phenoxy) is 1. The van der Waals surface area contributed by atoms with Gasteiger partial charge in [0, 0.05) is 6.42 Å². The zero-order valence-corrected chi connectivity index (χ0v) is 16.3. The third-order valence-electron chi connectivity index (χ3n) is 5.47. The molecule has 2 aliphatic heterocycles. The topological polar surface area (TPSA) is 119 Å². The van der Waals surface area contributed by atoms with E-state index in [2.05, 4.69) is 0 Å². The van der Waals surface area contributed by atoms with Crippen molar-refractivity contribution in [1.29, 1.82) is 0 Å². The second kappa shape index (κ2) is 8.00. The number of fused-ring (bicyclic) bond motifs is 1. The number of hydrogen-bond donors (Lipinski definition) is 2. The molecular weight excluding hydrogens is 389 g/mol. The molecule has 30 heavy (non-hydrogen) atoms. The van der Waals surface area contributed by atoms with Crippen molar-refractivity contribution in [3.05, 3.63) is 59.2 Å². The summed E-state index contributed by atoms with van der Waals surface area (Å²) in [5, 5.41) is 31.3. The molecule has 0 aromatic heterocycles. The van der Waals surface area contributed by atoms with Crippen LogP contribution in [0.2, 0.25) is 6.32 Å². The van der Waals surface area contributed by atoms with E-state index in [4.69, 9.17) is 9.39 Å². The molecule has 2 N–H and O–H groups in total. The first-order valence-electron chi connectivity index (χ1n) is 9.97. The molecule has 0 spiro atoms. The first kappa shape index (κ1) is 20.2. The van der Waals surface area contributed by atoms with E-state index >= 15 is 0 Å². The van der Waals surface area contributed by atoms with Gasteiger partial charge in [0.25, 0.3) is 0 Å². The fraction of sp³-hybridized carbons (Fsp3) is 0.333. The van der Waals surface area contributed by atoms with Crippen LogP contribution in [-0.2, 0) is 17.6 Å². The quantitative estimate of drug-likeness (QED) is 0.649. The van der Waals surface area contributed by atoms with Gasteiger partial charge in [-0.25, -0.2) is 0 Å². The van der Waals surface area contributed by atoms with Gasteiger partial charge >= 0.3 is 6.75 Å². The van der Waals surface area contributed by atoms with Crippen molar-refractivity contribution in [3.8, 4) is 11.5 Å². The number of hydrogen-bond acceptors (Lipinski definition) is 7. The molecule has 0 saturated carbocycles. The third kappa shape index (κ3) is 4.27. The molecular formula is C21H22BNO7-2. The lowest BCUT2D eigenvalue weighted by molar-refractivity contribution is -0.255. The predicted octanol–water partition coefficient (Wildman–Crippen LogP) is 0.131. The molecule has 1 saturated heterocycles. The maximum absolute atomic E-state index is 12.3. The van der Waals surface area contributed by atoms with Crippen LogP contribution in [0.1, 0.15) is 27.9 Å². The average Bonchev–Trinajstić information content (AvgIpc) is 2.68. The van der Waals surface area contributed by atoms with Crippen LogP contribution in [0.4, 0.5) is 0 Å². The van der Waals surface area contributed by atoms with Crippen LogP contribution in [0.3, 0.4) is 0 Å². The number of carboxylic acids is 1. The van der Waals surface area contributed by atoms with E-state index in [0.717, 1.165) is 5.56 Å². The SMILES string of the molecule is O=C([O-])c1c(OC2CN(C(=O)CCc3ccccc3)C2)ccc2c1O[B-](O)(O)CC2. The van der Waals surface area contributed by atoms with E-state index in [-0.39, 0.29) is 41.8 Å². The van der Waals surface area contributed by atoms with Crippen molar-refractivity contribution in [2.45, 2.75) is 31.7 Å². The van der Waals surface area contributed by atoms with Gasteiger partial charge in [0.05, 0.1) is 30.4 Å². The highest BCUT2D eigenvalue weighted by Gasteiger charge is 2.34. The second-order valence-corrected chi connectivity index (χ2v) is 7.75. The van der Waals surface area contributed by atoms with Gasteiger partial charge < -0.3 is 34.2 Å². The molecule has 1 fully saturated rings. The fourth-order valence-electron chi connectivity index (χ4n) is 3.77. The first-order valence-corrected chi connectivity index (χ1v) is 9.97. The normalized spacial score (nSPS) is 17.5. The zero-order chi connectivity index (χ0) is 21.3. The Labute approximate surface area is 173 Å². The van der Waals surface area contributed by atoms with E-state index in [1.807, 2.05) is 30.3 Å². The summed E-state index contributed by atoms with van der Waals surface area (Å²) < 4.78 is 10.9. The smallest absolute Gasteiger partial charge is 0.430 e. The van der Waals surface area contributed by atoms with Gasteiger partial charge in [-0.2, -0.15) is 0 Å².